The van der Waals surface area contributed by atoms with Gasteiger partial charge in [-0.3, -0.25) is 4.79 Å². The molecular formula is C17H26N2O3. The number of rotatable bonds is 8. The first-order chi connectivity index (χ1) is 10.3. The number of amides is 1. The SMILES string of the molecule is CC(C)CC(NC(=O)CCc1cccc(N(C)C)c1)C(=O)O. The van der Waals surface area contributed by atoms with Crippen LogP contribution >= 0.6 is 0 Å². The third-order valence-electron chi connectivity index (χ3n) is 3.41. The van der Waals surface area contributed by atoms with Crippen LogP contribution in [0.4, 0.5) is 5.69 Å². The number of carbonyl (C=O) groups excluding carboxylic acids is 1. The van der Waals surface area contributed by atoms with Gasteiger partial charge in [-0.25, -0.2) is 4.79 Å². The van der Waals surface area contributed by atoms with Crippen LogP contribution in [0.2, 0.25) is 0 Å². The Morgan fingerprint density at radius 1 is 1.27 bits per heavy atom. The zero-order valence-electron chi connectivity index (χ0n) is 13.8. The van der Waals surface area contributed by atoms with E-state index in [2.05, 4.69) is 5.32 Å². The predicted octanol–water partition coefficient (Wildman–Crippen LogP) is 2.30. The lowest BCUT2D eigenvalue weighted by atomic mass is 10.0. The van der Waals surface area contributed by atoms with Gasteiger partial charge in [0.15, 0.2) is 0 Å². The largest absolute Gasteiger partial charge is 0.480 e. The minimum atomic E-state index is -0.975. The number of carboxylic acid groups (broad SMARTS) is 1. The molecule has 5 nitrogen and oxygen atoms in total. The molecule has 0 bridgehead atoms. The van der Waals surface area contributed by atoms with Gasteiger partial charge in [-0.15, -0.1) is 0 Å². The fraction of sp³-hybridized carbons (Fsp3) is 0.529. The quantitative estimate of drug-likeness (QED) is 0.773. The van der Waals surface area contributed by atoms with Crippen LogP contribution in [-0.2, 0) is 16.0 Å². The van der Waals surface area contributed by atoms with Gasteiger partial charge in [0, 0.05) is 26.2 Å². The Morgan fingerprint density at radius 2 is 1.95 bits per heavy atom. The highest BCUT2D eigenvalue weighted by molar-refractivity contribution is 5.83. The topological polar surface area (TPSA) is 69.6 Å². The van der Waals surface area contributed by atoms with E-state index in [0.29, 0.717) is 19.3 Å². The highest BCUT2D eigenvalue weighted by atomic mass is 16.4. The van der Waals surface area contributed by atoms with E-state index in [1.54, 1.807) is 0 Å². The normalized spacial score (nSPS) is 12.0. The third kappa shape index (κ3) is 6.16. The van der Waals surface area contributed by atoms with Crippen LogP contribution in [0.3, 0.4) is 0 Å². The van der Waals surface area contributed by atoms with E-state index < -0.39 is 12.0 Å². The van der Waals surface area contributed by atoms with Crippen LogP contribution in [0.25, 0.3) is 0 Å². The minimum Gasteiger partial charge on any atom is -0.480 e. The van der Waals surface area contributed by atoms with E-state index in [1.807, 2.05) is 57.1 Å². The van der Waals surface area contributed by atoms with Crippen molar-refractivity contribution in [3.63, 3.8) is 0 Å². The van der Waals surface area contributed by atoms with Gasteiger partial charge in [0.2, 0.25) is 5.91 Å². The number of anilines is 1. The van der Waals surface area contributed by atoms with Gasteiger partial charge in [0.05, 0.1) is 0 Å². The lowest BCUT2D eigenvalue weighted by molar-refractivity contribution is -0.142. The molecule has 1 aromatic rings. The molecule has 0 aromatic heterocycles. The van der Waals surface area contributed by atoms with Gasteiger partial charge in [-0.1, -0.05) is 26.0 Å². The first kappa shape index (κ1) is 18.0. The van der Waals surface area contributed by atoms with Gasteiger partial charge in [0.25, 0.3) is 0 Å². The number of aliphatic carboxylic acids is 1. The van der Waals surface area contributed by atoms with Crippen molar-refractivity contribution >= 4 is 17.6 Å². The summed E-state index contributed by atoms with van der Waals surface area (Å²) in [4.78, 5) is 25.1. The van der Waals surface area contributed by atoms with Crippen molar-refractivity contribution < 1.29 is 14.7 Å². The Hall–Kier alpha value is -2.04. The number of nitrogens with zero attached hydrogens (tertiary/aromatic N) is 1. The van der Waals surface area contributed by atoms with Gasteiger partial charge in [-0.05, 0) is 36.5 Å². The first-order valence-electron chi connectivity index (χ1n) is 7.58. The summed E-state index contributed by atoms with van der Waals surface area (Å²) in [5.74, 6) is -0.974. The average molecular weight is 306 g/mol. The highest BCUT2D eigenvalue weighted by Crippen LogP contribution is 2.14. The molecule has 0 aliphatic heterocycles. The molecule has 2 N–H and O–H groups in total. The molecule has 0 aliphatic rings. The van der Waals surface area contributed by atoms with Crippen molar-refractivity contribution in [2.24, 2.45) is 5.92 Å². The second-order valence-electron chi connectivity index (χ2n) is 6.15. The van der Waals surface area contributed by atoms with Gasteiger partial charge in [0.1, 0.15) is 6.04 Å². The molecule has 0 saturated carbocycles. The molecule has 1 amide bonds. The molecule has 0 fully saturated rings. The van der Waals surface area contributed by atoms with E-state index >= 15 is 0 Å². The third-order valence-corrected chi connectivity index (χ3v) is 3.41. The number of nitrogens with one attached hydrogen (secondary N) is 1. The summed E-state index contributed by atoms with van der Waals surface area (Å²) in [5.41, 5.74) is 2.15. The number of carboxylic acids is 1. The first-order valence-corrected chi connectivity index (χ1v) is 7.58. The summed E-state index contributed by atoms with van der Waals surface area (Å²) in [6.07, 6.45) is 1.33. The van der Waals surface area contributed by atoms with Crippen LogP contribution in [0.1, 0.15) is 32.3 Å². The zero-order valence-corrected chi connectivity index (χ0v) is 13.8. The Labute approximate surface area is 132 Å². The lowest BCUT2D eigenvalue weighted by Crippen LogP contribution is -2.41. The molecule has 1 aromatic carbocycles. The van der Waals surface area contributed by atoms with Crippen molar-refractivity contribution in [2.45, 2.75) is 39.2 Å². The van der Waals surface area contributed by atoms with Crippen LogP contribution in [-0.4, -0.2) is 37.1 Å². The summed E-state index contributed by atoms with van der Waals surface area (Å²) in [7, 11) is 3.93. The molecule has 1 unspecified atom stereocenters. The maximum atomic E-state index is 11.9. The molecule has 5 heteroatoms. The molecule has 122 valence electrons. The van der Waals surface area contributed by atoms with Crippen molar-refractivity contribution in [3.8, 4) is 0 Å². The summed E-state index contributed by atoms with van der Waals surface area (Å²) >= 11 is 0. The number of benzene rings is 1. The maximum Gasteiger partial charge on any atom is 0.326 e. The Morgan fingerprint density at radius 3 is 2.50 bits per heavy atom. The van der Waals surface area contributed by atoms with Crippen molar-refractivity contribution in [1.29, 1.82) is 0 Å². The van der Waals surface area contributed by atoms with Gasteiger partial charge in [-0.2, -0.15) is 0 Å². The van der Waals surface area contributed by atoms with E-state index in [1.165, 1.54) is 0 Å². The smallest absolute Gasteiger partial charge is 0.326 e. The molecule has 0 aliphatic carbocycles. The van der Waals surface area contributed by atoms with Gasteiger partial charge >= 0.3 is 5.97 Å². The number of hydrogen-bond donors (Lipinski definition) is 2. The monoisotopic (exact) mass is 306 g/mol. The number of hydrogen-bond acceptors (Lipinski definition) is 3. The van der Waals surface area contributed by atoms with Crippen molar-refractivity contribution in [3.05, 3.63) is 29.8 Å². The molecule has 1 rings (SSSR count). The summed E-state index contributed by atoms with van der Waals surface area (Å²) in [5, 5.41) is 11.7. The molecule has 0 heterocycles. The zero-order chi connectivity index (χ0) is 16.7. The fourth-order valence-corrected chi connectivity index (χ4v) is 2.21. The van der Waals surface area contributed by atoms with Crippen LogP contribution in [0.15, 0.2) is 24.3 Å². The van der Waals surface area contributed by atoms with Crippen LogP contribution in [0, 0.1) is 5.92 Å². The summed E-state index contributed by atoms with van der Waals surface area (Å²) < 4.78 is 0. The Balaban J connectivity index is 2.54. The van der Waals surface area contributed by atoms with E-state index in [0.717, 1.165) is 11.3 Å². The number of carbonyl (C=O) groups is 2. The van der Waals surface area contributed by atoms with E-state index in [9.17, 15) is 9.59 Å². The predicted molar refractivity (Wildman–Crippen MR) is 88.1 cm³/mol. The lowest BCUT2D eigenvalue weighted by Gasteiger charge is -2.17. The average Bonchev–Trinajstić information content (AvgIpc) is 2.44. The number of aryl methyl sites for hydroxylation is 1. The van der Waals surface area contributed by atoms with Gasteiger partial charge < -0.3 is 15.3 Å². The maximum absolute atomic E-state index is 11.9. The standard InChI is InChI=1S/C17H26N2O3/c1-12(2)10-15(17(21)22)18-16(20)9-8-13-6-5-7-14(11-13)19(3)4/h5-7,11-12,15H,8-10H2,1-4H3,(H,18,20)(H,21,22). The van der Waals surface area contributed by atoms with Crippen molar-refractivity contribution in [2.75, 3.05) is 19.0 Å². The molecule has 1 atom stereocenters. The second-order valence-corrected chi connectivity index (χ2v) is 6.15. The molecule has 0 saturated heterocycles. The van der Waals surface area contributed by atoms with Crippen LogP contribution in [0.5, 0.6) is 0 Å². The summed E-state index contributed by atoms with van der Waals surface area (Å²) in [6.45, 7) is 3.88. The molecule has 0 spiro atoms. The molecular weight excluding hydrogens is 280 g/mol. The second kappa shape index (κ2) is 8.41. The molecule has 22 heavy (non-hydrogen) atoms. The Kier molecular flexibility index (Phi) is 6.89. The van der Waals surface area contributed by atoms with Crippen LogP contribution < -0.4 is 10.2 Å². The van der Waals surface area contributed by atoms with Crippen molar-refractivity contribution in [1.82, 2.24) is 5.32 Å². The molecule has 0 radical (unpaired) electrons. The fourth-order valence-electron chi connectivity index (χ4n) is 2.21. The Bertz CT molecular complexity index is 512. The van der Waals surface area contributed by atoms with E-state index in [-0.39, 0.29) is 11.8 Å². The summed E-state index contributed by atoms with van der Waals surface area (Å²) in [6, 6.07) is 7.17. The highest BCUT2D eigenvalue weighted by Gasteiger charge is 2.20. The minimum absolute atomic E-state index is 0.219. The van der Waals surface area contributed by atoms with E-state index in [4.69, 9.17) is 5.11 Å².